The summed E-state index contributed by atoms with van der Waals surface area (Å²) in [6.45, 7) is 0.309. The molecule has 0 aliphatic heterocycles. The smallest absolute Gasteiger partial charge is 0.417 e. The third kappa shape index (κ3) is 4.98. The summed E-state index contributed by atoms with van der Waals surface area (Å²) in [5.74, 6) is -13.0. The van der Waals surface area contributed by atoms with Gasteiger partial charge in [-0.3, -0.25) is 28.9 Å². The van der Waals surface area contributed by atoms with E-state index < -0.39 is 99.4 Å². The van der Waals surface area contributed by atoms with Gasteiger partial charge < -0.3 is 21.3 Å². The van der Waals surface area contributed by atoms with Crippen LogP contribution in [0.25, 0.3) is 0 Å². The number of likely N-dealkylation sites (N-methyl/N-ethyl adjacent to an activating group) is 1. The number of nitrogens with zero attached hydrogens (tertiary/aromatic N) is 1. The van der Waals surface area contributed by atoms with Crippen molar-refractivity contribution >= 4 is 29.0 Å². The van der Waals surface area contributed by atoms with Gasteiger partial charge in [0.25, 0.3) is 0 Å². The number of ketones is 4. The van der Waals surface area contributed by atoms with E-state index in [9.17, 15) is 47.4 Å². The number of phenols is 1. The molecule has 5 rings (SSSR count). The van der Waals surface area contributed by atoms with Crippen molar-refractivity contribution in [2.24, 2.45) is 35.3 Å². The van der Waals surface area contributed by atoms with E-state index in [1.807, 2.05) is 0 Å². The lowest BCUT2D eigenvalue weighted by Crippen LogP contribution is -2.74. The van der Waals surface area contributed by atoms with Crippen LogP contribution in [0.5, 0.6) is 5.75 Å². The Morgan fingerprint density at radius 2 is 1.77 bits per heavy atom. The number of Topliss-reactive ketones (excluding diaryl/α,β-unsaturated/α-hetero) is 4. The monoisotopic (exact) mass is 607 g/mol. The van der Waals surface area contributed by atoms with E-state index in [4.69, 9.17) is 5.73 Å². The number of benzene rings is 1. The van der Waals surface area contributed by atoms with Gasteiger partial charge in [0, 0.05) is 12.5 Å². The number of carbonyl (C=O) groups is 5. The zero-order valence-electron chi connectivity index (χ0n) is 24.0. The Bertz CT molecular complexity index is 1390. The van der Waals surface area contributed by atoms with Crippen LogP contribution in [-0.4, -0.2) is 76.4 Å². The van der Waals surface area contributed by atoms with E-state index in [1.165, 1.54) is 19.0 Å². The fourth-order valence-corrected chi connectivity index (χ4v) is 8.04. The number of nitrogens with two attached hydrogens (primary N) is 1. The average molecular weight is 608 g/mol. The standard InChI is InChI=1S/C30H36F3N3O7/c1-36(2)23-17-9-14-8-16-20(24(38)19(14)26(40)29(17,43)27(41)21(25(23)39)28(34)42)18(37)10-15(22(16)30(31,32)33)12-35-11-13-6-4-3-5-7-13/h10,13-14,17,19,21,23,35,37,43H,3-9,11-12H2,1-2H3,(H2,34,42)/t14-,17-,19?,21?,23-,29-/m0/s1. The highest BCUT2D eigenvalue weighted by atomic mass is 19.4. The van der Waals surface area contributed by atoms with Crippen molar-refractivity contribution in [1.29, 1.82) is 0 Å². The van der Waals surface area contributed by atoms with Crippen LogP contribution in [0, 0.1) is 29.6 Å². The third-order valence-corrected chi connectivity index (χ3v) is 9.90. The molecule has 5 N–H and O–H groups in total. The van der Waals surface area contributed by atoms with Gasteiger partial charge in [0.2, 0.25) is 5.91 Å². The number of alkyl halides is 3. The number of halogens is 3. The van der Waals surface area contributed by atoms with Crippen LogP contribution in [0.1, 0.15) is 65.6 Å². The van der Waals surface area contributed by atoms with Gasteiger partial charge in [-0.25, -0.2) is 0 Å². The number of nitrogens with one attached hydrogen (secondary N) is 1. The van der Waals surface area contributed by atoms with Gasteiger partial charge >= 0.3 is 6.18 Å². The Hall–Kier alpha value is -3.16. The predicted molar refractivity (Wildman–Crippen MR) is 145 cm³/mol. The van der Waals surface area contributed by atoms with E-state index in [2.05, 4.69) is 5.32 Å². The lowest BCUT2D eigenvalue weighted by Gasteiger charge is -2.52. The van der Waals surface area contributed by atoms with Crippen LogP contribution in [-0.2, 0) is 38.3 Å². The first kappa shape index (κ1) is 31.3. The van der Waals surface area contributed by atoms with Crippen LogP contribution in [0.4, 0.5) is 13.2 Å². The molecule has 4 aliphatic rings. The molecule has 13 heteroatoms. The normalized spacial score (nSPS) is 31.6. The van der Waals surface area contributed by atoms with Crippen molar-refractivity contribution < 1.29 is 47.4 Å². The number of fused-ring (bicyclic) bond motifs is 3. The predicted octanol–water partition coefficient (Wildman–Crippen LogP) is 1.56. The molecule has 1 amide bonds. The summed E-state index contributed by atoms with van der Waals surface area (Å²) >= 11 is 0. The number of aliphatic hydroxyl groups is 1. The van der Waals surface area contributed by atoms with Gasteiger partial charge in [0.15, 0.2) is 34.7 Å². The molecule has 1 aromatic rings. The molecule has 0 saturated heterocycles. The Balaban J connectivity index is 1.56. The summed E-state index contributed by atoms with van der Waals surface area (Å²) in [4.78, 5) is 67.5. The summed E-state index contributed by atoms with van der Waals surface area (Å²) in [7, 11) is 2.86. The zero-order valence-corrected chi connectivity index (χ0v) is 24.0. The minimum atomic E-state index is -4.90. The Kier molecular flexibility index (Phi) is 8.06. The number of carbonyl (C=O) groups excluding carboxylic acids is 5. The fraction of sp³-hybridized carbons (Fsp3) is 0.633. The number of hydrogen-bond acceptors (Lipinski definition) is 9. The molecule has 0 radical (unpaired) electrons. The van der Waals surface area contributed by atoms with Gasteiger partial charge in [-0.2, -0.15) is 13.2 Å². The largest absolute Gasteiger partial charge is 0.507 e. The molecular formula is C30H36F3N3O7. The molecule has 0 heterocycles. The van der Waals surface area contributed by atoms with Gasteiger partial charge in [0.1, 0.15) is 5.75 Å². The van der Waals surface area contributed by atoms with Crippen LogP contribution in [0.15, 0.2) is 6.07 Å². The van der Waals surface area contributed by atoms with Crippen LogP contribution in [0.3, 0.4) is 0 Å². The summed E-state index contributed by atoms with van der Waals surface area (Å²) < 4.78 is 43.9. The van der Waals surface area contributed by atoms with Crippen LogP contribution in [0.2, 0.25) is 0 Å². The molecule has 0 aromatic heterocycles. The second-order valence-electron chi connectivity index (χ2n) is 12.7. The summed E-state index contributed by atoms with van der Waals surface area (Å²) in [5, 5.41) is 25.5. The maximum Gasteiger partial charge on any atom is 0.417 e. The van der Waals surface area contributed by atoms with Gasteiger partial charge in [-0.1, -0.05) is 19.3 Å². The number of rotatable bonds is 6. The van der Waals surface area contributed by atoms with Crippen LogP contribution < -0.4 is 11.1 Å². The summed E-state index contributed by atoms with van der Waals surface area (Å²) in [5.41, 5.74) is -0.0653. The van der Waals surface area contributed by atoms with Crippen molar-refractivity contribution in [3.05, 3.63) is 28.3 Å². The number of phenolic OH excluding ortho intramolecular Hbond substituents is 1. The molecule has 10 nitrogen and oxygen atoms in total. The molecule has 234 valence electrons. The fourth-order valence-electron chi connectivity index (χ4n) is 8.04. The second-order valence-corrected chi connectivity index (χ2v) is 12.7. The molecule has 1 aromatic carbocycles. The molecule has 43 heavy (non-hydrogen) atoms. The zero-order chi connectivity index (χ0) is 31.6. The molecule has 6 atom stereocenters. The minimum Gasteiger partial charge on any atom is -0.507 e. The summed E-state index contributed by atoms with van der Waals surface area (Å²) in [6.07, 6.45) is -0.462. The average Bonchev–Trinajstić information content (AvgIpc) is 2.90. The van der Waals surface area contributed by atoms with E-state index in [0.717, 1.165) is 38.2 Å². The molecule has 3 saturated carbocycles. The molecule has 0 spiro atoms. The SMILES string of the molecule is CN(C)[C@@H]1C(=O)C(C(N)=O)C(=O)[C@@]2(O)C(=O)C3C(=O)c4c(O)cc(CNCC5CCCCC5)c(C(F)(F)F)c4C[C@H]3C[C@@H]12. The minimum absolute atomic E-state index is 0.198. The first-order valence-electron chi connectivity index (χ1n) is 14.6. The number of primary amides is 1. The molecule has 0 bridgehead atoms. The van der Waals surface area contributed by atoms with Gasteiger partial charge in [0.05, 0.1) is 23.1 Å². The maximum atomic E-state index is 14.6. The highest BCUT2D eigenvalue weighted by Gasteiger charge is 2.69. The number of hydrogen-bond donors (Lipinski definition) is 4. The number of amides is 1. The van der Waals surface area contributed by atoms with E-state index in [1.54, 1.807) is 0 Å². The van der Waals surface area contributed by atoms with E-state index >= 15 is 0 Å². The molecule has 2 unspecified atom stereocenters. The van der Waals surface area contributed by atoms with Crippen molar-refractivity contribution in [2.75, 3.05) is 20.6 Å². The Labute approximate surface area is 246 Å². The van der Waals surface area contributed by atoms with E-state index in [0.29, 0.717) is 12.5 Å². The molecule has 3 fully saturated rings. The first-order chi connectivity index (χ1) is 20.1. The topological polar surface area (TPSA) is 167 Å². The highest BCUT2D eigenvalue weighted by molar-refractivity contribution is 6.32. The maximum absolute atomic E-state index is 14.6. The lowest BCUT2D eigenvalue weighted by molar-refractivity contribution is -0.181. The van der Waals surface area contributed by atoms with Gasteiger partial charge in [-0.15, -0.1) is 0 Å². The van der Waals surface area contributed by atoms with Crippen molar-refractivity contribution in [3.63, 3.8) is 0 Å². The van der Waals surface area contributed by atoms with Crippen LogP contribution >= 0.6 is 0 Å². The van der Waals surface area contributed by atoms with Gasteiger partial charge in [-0.05, 0) is 75.4 Å². The quantitative estimate of drug-likeness (QED) is 0.351. The van der Waals surface area contributed by atoms with Crippen molar-refractivity contribution in [3.8, 4) is 5.75 Å². The summed E-state index contributed by atoms with van der Waals surface area (Å²) in [6, 6.07) is -0.457. The Morgan fingerprint density at radius 1 is 1.12 bits per heavy atom. The second kappa shape index (κ2) is 11.1. The Morgan fingerprint density at radius 3 is 2.35 bits per heavy atom. The lowest BCUT2D eigenvalue weighted by atomic mass is 9.52. The van der Waals surface area contributed by atoms with Crippen molar-refractivity contribution in [1.82, 2.24) is 10.2 Å². The first-order valence-corrected chi connectivity index (χ1v) is 14.6. The van der Waals surface area contributed by atoms with Crippen molar-refractivity contribution in [2.45, 2.75) is 69.3 Å². The molecule has 4 aliphatic carbocycles. The highest BCUT2D eigenvalue weighted by Crippen LogP contribution is 2.52. The molecular weight excluding hydrogens is 571 g/mol. The number of aromatic hydroxyl groups is 1. The third-order valence-electron chi connectivity index (χ3n) is 9.90. The van der Waals surface area contributed by atoms with E-state index in [-0.39, 0.29) is 18.5 Å².